The molecule has 0 unspecified atom stereocenters. The van der Waals surface area contributed by atoms with E-state index in [0.29, 0.717) is 0 Å². The Hall–Kier alpha value is -1.22. The first-order valence-corrected chi connectivity index (χ1v) is 7.13. The second-order valence-electron chi connectivity index (χ2n) is 4.44. The normalized spacial score (nSPS) is 10.6. The molecule has 0 N–H and O–H groups in total. The van der Waals surface area contributed by atoms with E-state index < -0.39 is 0 Å². The van der Waals surface area contributed by atoms with Gasteiger partial charge in [-0.25, -0.2) is 0 Å². The molecule has 1 rings (SSSR count). The van der Waals surface area contributed by atoms with E-state index in [1.54, 1.807) is 7.11 Å². The van der Waals surface area contributed by atoms with Crippen molar-refractivity contribution in [1.82, 2.24) is 0 Å². The van der Waals surface area contributed by atoms with Crippen molar-refractivity contribution >= 4 is 0 Å². The zero-order valence-electron chi connectivity index (χ0n) is 13.1. The summed E-state index contributed by atoms with van der Waals surface area (Å²) in [6, 6.07) is 0. The zero-order chi connectivity index (χ0) is 14.4. The highest BCUT2D eigenvalue weighted by Crippen LogP contribution is 2.41. The Morgan fingerprint density at radius 3 is 1.37 bits per heavy atom. The molecular formula is C16H26O3. The van der Waals surface area contributed by atoms with Crippen molar-refractivity contribution in [2.75, 3.05) is 14.2 Å². The van der Waals surface area contributed by atoms with Crippen LogP contribution in [0.3, 0.4) is 0 Å². The standard InChI is InChI=1S/C16H26O3/c1-7-11-12(8-2)14(10-4)16(19-18-6)15(17-5)13(11)9-3/h7-10H2,1-6H3. The van der Waals surface area contributed by atoms with Crippen molar-refractivity contribution in [2.45, 2.75) is 53.4 Å². The van der Waals surface area contributed by atoms with Crippen molar-refractivity contribution < 1.29 is 14.5 Å². The number of hydrogen-bond acceptors (Lipinski definition) is 3. The minimum absolute atomic E-state index is 0.749. The second-order valence-corrected chi connectivity index (χ2v) is 4.44. The maximum absolute atomic E-state index is 5.60. The van der Waals surface area contributed by atoms with Crippen molar-refractivity contribution in [2.24, 2.45) is 0 Å². The van der Waals surface area contributed by atoms with Gasteiger partial charge >= 0.3 is 0 Å². The van der Waals surface area contributed by atoms with Crippen molar-refractivity contribution in [3.8, 4) is 11.5 Å². The molecule has 0 heterocycles. The smallest absolute Gasteiger partial charge is 0.210 e. The third-order valence-corrected chi connectivity index (χ3v) is 3.63. The predicted molar refractivity (Wildman–Crippen MR) is 78.1 cm³/mol. The van der Waals surface area contributed by atoms with Gasteiger partial charge in [-0.2, -0.15) is 4.89 Å². The number of rotatable bonds is 7. The third-order valence-electron chi connectivity index (χ3n) is 3.63. The minimum Gasteiger partial charge on any atom is -0.492 e. The Labute approximate surface area is 116 Å². The summed E-state index contributed by atoms with van der Waals surface area (Å²) < 4.78 is 5.60. The molecule has 19 heavy (non-hydrogen) atoms. The molecule has 0 spiro atoms. The highest BCUT2D eigenvalue weighted by Gasteiger charge is 2.23. The van der Waals surface area contributed by atoms with Gasteiger partial charge < -0.3 is 9.62 Å². The van der Waals surface area contributed by atoms with Crippen LogP contribution in [-0.4, -0.2) is 14.2 Å². The summed E-state index contributed by atoms with van der Waals surface area (Å²) in [5.41, 5.74) is 5.23. The fraction of sp³-hybridized carbons (Fsp3) is 0.625. The van der Waals surface area contributed by atoms with E-state index in [-0.39, 0.29) is 0 Å². The lowest BCUT2D eigenvalue weighted by atomic mass is 9.88. The van der Waals surface area contributed by atoms with Crippen LogP contribution in [0.1, 0.15) is 49.9 Å². The van der Waals surface area contributed by atoms with Crippen LogP contribution >= 0.6 is 0 Å². The maximum Gasteiger partial charge on any atom is 0.210 e. The second kappa shape index (κ2) is 7.39. The monoisotopic (exact) mass is 266 g/mol. The van der Waals surface area contributed by atoms with Gasteiger partial charge in [-0.3, -0.25) is 0 Å². The highest BCUT2D eigenvalue weighted by atomic mass is 17.2. The Kier molecular flexibility index (Phi) is 6.16. The fourth-order valence-electron chi connectivity index (χ4n) is 2.90. The third kappa shape index (κ3) is 2.86. The van der Waals surface area contributed by atoms with Crippen LogP contribution in [0.25, 0.3) is 0 Å². The number of benzene rings is 1. The molecule has 3 nitrogen and oxygen atoms in total. The largest absolute Gasteiger partial charge is 0.492 e. The van der Waals surface area contributed by atoms with Gasteiger partial charge in [0.15, 0.2) is 5.75 Å². The summed E-state index contributed by atoms with van der Waals surface area (Å²) in [5.74, 6) is 1.58. The molecule has 0 fully saturated rings. The molecule has 0 saturated heterocycles. The molecule has 0 aliphatic heterocycles. The van der Waals surface area contributed by atoms with Crippen LogP contribution in [0.4, 0.5) is 0 Å². The van der Waals surface area contributed by atoms with Gasteiger partial charge in [0.2, 0.25) is 5.75 Å². The van der Waals surface area contributed by atoms with Gasteiger partial charge in [0.1, 0.15) is 0 Å². The van der Waals surface area contributed by atoms with E-state index >= 15 is 0 Å². The summed E-state index contributed by atoms with van der Waals surface area (Å²) in [7, 11) is 3.23. The van der Waals surface area contributed by atoms with Crippen molar-refractivity contribution in [3.63, 3.8) is 0 Å². The van der Waals surface area contributed by atoms with Crippen molar-refractivity contribution in [1.29, 1.82) is 0 Å². The van der Waals surface area contributed by atoms with Gasteiger partial charge in [-0.05, 0) is 36.8 Å². The van der Waals surface area contributed by atoms with Gasteiger partial charge in [-0.1, -0.05) is 27.7 Å². The van der Waals surface area contributed by atoms with Crippen molar-refractivity contribution in [3.05, 3.63) is 22.3 Å². The fourth-order valence-corrected chi connectivity index (χ4v) is 2.90. The molecule has 0 bridgehead atoms. The number of hydrogen-bond donors (Lipinski definition) is 0. The van der Waals surface area contributed by atoms with Crippen LogP contribution in [0.15, 0.2) is 0 Å². The van der Waals surface area contributed by atoms with Crippen LogP contribution in [0.2, 0.25) is 0 Å². The van der Waals surface area contributed by atoms with E-state index in [1.165, 1.54) is 29.4 Å². The molecule has 3 heteroatoms. The van der Waals surface area contributed by atoms with E-state index in [1.807, 2.05) is 0 Å². The lowest BCUT2D eigenvalue weighted by Gasteiger charge is -2.22. The van der Waals surface area contributed by atoms with E-state index in [0.717, 1.165) is 37.2 Å². The van der Waals surface area contributed by atoms with E-state index in [2.05, 4.69) is 27.7 Å². The van der Waals surface area contributed by atoms with Gasteiger partial charge in [0.05, 0.1) is 14.2 Å². The lowest BCUT2D eigenvalue weighted by molar-refractivity contribution is -0.179. The molecular weight excluding hydrogens is 240 g/mol. The molecule has 0 amide bonds. The first kappa shape index (κ1) is 15.8. The van der Waals surface area contributed by atoms with Crippen LogP contribution in [0.5, 0.6) is 11.5 Å². The minimum atomic E-state index is 0.749. The van der Waals surface area contributed by atoms with Gasteiger partial charge in [-0.15, -0.1) is 0 Å². The summed E-state index contributed by atoms with van der Waals surface area (Å²) in [6.07, 6.45) is 3.87. The van der Waals surface area contributed by atoms with Gasteiger partial charge in [0, 0.05) is 11.1 Å². The lowest BCUT2D eigenvalue weighted by Crippen LogP contribution is -2.09. The van der Waals surface area contributed by atoms with Crippen LogP contribution in [-0.2, 0) is 30.6 Å². The Morgan fingerprint density at radius 2 is 1.05 bits per heavy atom. The van der Waals surface area contributed by atoms with E-state index in [4.69, 9.17) is 14.5 Å². The summed E-state index contributed by atoms with van der Waals surface area (Å²) >= 11 is 0. The predicted octanol–water partition coefficient (Wildman–Crippen LogP) is 3.89. The van der Waals surface area contributed by atoms with E-state index in [9.17, 15) is 0 Å². The molecule has 0 atom stereocenters. The molecule has 1 aromatic carbocycles. The molecule has 0 radical (unpaired) electrons. The molecule has 108 valence electrons. The highest BCUT2D eigenvalue weighted by molar-refractivity contribution is 5.60. The number of methoxy groups -OCH3 is 1. The first-order chi connectivity index (χ1) is 9.19. The quantitative estimate of drug-likeness (QED) is 0.553. The molecule has 0 aromatic heterocycles. The molecule has 0 aliphatic rings. The topological polar surface area (TPSA) is 27.7 Å². The Balaban J connectivity index is 3.68. The molecule has 0 saturated carbocycles. The average molecular weight is 266 g/mol. The van der Waals surface area contributed by atoms with Crippen LogP contribution in [0, 0.1) is 0 Å². The summed E-state index contributed by atoms with van der Waals surface area (Å²) in [5, 5.41) is 0. The molecule has 0 aliphatic carbocycles. The first-order valence-electron chi connectivity index (χ1n) is 7.13. The Morgan fingerprint density at radius 1 is 0.632 bits per heavy atom. The summed E-state index contributed by atoms with van der Waals surface area (Å²) in [6.45, 7) is 8.68. The average Bonchev–Trinajstić information content (AvgIpc) is 2.45. The summed E-state index contributed by atoms with van der Waals surface area (Å²) in [4.78, 5) is 10.3. The zero-order valence-corrected chi connectivity index (χ0v) is 13.1. The Bertz CT molecular complexity index is 391. The SMILES string of the molecule is CCc1c(CC)c(CC)c(OOC)c(OC)c1CC. The van der Waals surface area contributed by atoms with Gasteiger partial charge in [0.25, 0.3) is 0 Å². The maximum atomic E-state index is 5.60. The number of ether oxygens (including phenoxy) is 1. The molecule has 1 aromatic rings. The van der Waals surface area contributed by atoms with Crippen LogP contribution < -0.4 is 9.62 Å².